The van der Waals surface area contributed by atoms with Crippen molar-refractivity contribution in [3.05, 3.63) is 29.8 Å². The van der Waals surface area contributed by atoms with Crippen LogP contribution in [0, 0.1) is 0 Å². The summed E-state index contributed by atoms with van der Waals surface area (Å²) >= 11 is 0. The molecule has 1 aromatic rings. The predicted molar refractivity (Wildman–Crippen MR) is 99.1 cm³/mol. The van der Waals surface area contributed by atoms with Crippen LogP contribution in [0.15, 0.2) is 29.2 Å². The van der Waals surface area contributed by atoms with Crippen LogP contribution >= 0.6 is 0 Å². The van der Waals surface area contributed by atoms with E-state index in [2.05, 4.69) is 10.2 Å². The van der Waals surface area contributed by atoms with Gasteiger partial charge in [0, 0.05) is 58.0 Å². The average Bonchev–Trinajstić information content (AvgIpc) is 3.17. The number of nitrogens with zero attached hydrogens (tertiary/aromatic N) is 2. The summed E-state index contributed by atoms with van der Waals surface area (Å²) in [5.41, 5.74) is 0.539. The first kappa shape index (κ1) is 19.3. The number of piperazine rings is 1. The zero-order valence-electron chi connectivity index (χ0n) is 15.2. The fourth-order valence-electron chi connectivity index (χ4n) is 3.57. The van der Waals surface area contributed by atoms with E-state index in [4.69, 9.17) is 4.74 Å². The molecule has 0 saturated carbocycles. The summed E-state index contributed by atoms with van der Waals surface area (Å²) < 4.78 is 29.2. The van der Waals surface area contributed by atoms with Gasteiger partial charge in [0.2, 0.25) is 0 Å². The fourth-order valence-corrected chi connectivity index (χ4v) is 4.74. The van der Waals surface area contributed by atoms with Gasteiger partial charge in [0.1, 0.15) is 0 Å². The zero-order chi connectivity index (χ0) is 18.6. The van der Waals surface area contributed by atoms with Gasteiger partial charge in [-0.2, -0.15) is 0 Å². The molecule has 0 spiro atoms. The highest BCUT2D eigenvalue weighted by atomic mass is 32.2. The Morgan fingerprint density at radius 1 is 1.19 bits per heavy atom. The van der Waals surface area contributed by atoms with E-state index in [9.17, 15) is 13.2 Å². The lowest BCUT2D eigenvalue weighted by Crippen LogP contribution is -2.49. The van der Waals surface area contributed by atoms with Gasteiger partial charge in [0.05, 0.1) is 17.3 Å². The summed E-state index contributed by atoms with van der Waals surface area (Å²) in [4.78, 5) is 17.3. The molecular formula is C18H27N3O4S. The molecule has 2 heterocycles. The quantitative estimate of drug-likeness (QED) is 0.760. The van der Waals surface area contributed by atoms with Crippen LogP contribution in [-0.2, 0) is 14.6 Å². The standard InChI is InChI=1S/C18H27N3O4S/c1-25-12-13-26(23,24)17-4-2-15(3-5-17)18(22)21-9-6-16(14-21)20-10-7-19-8-11-20/h2-5,16,19H,6-14H2,1H3. The minimum Gasteiger partial charge on any atom is -0.384 e. The van der Waals surface area contributed by atoms with Crippen LogP contribution in [0.2, 0.25) is 0 Å². The first-order chi connectivity index (χ1) is 12.5. The van der Waals surface area contributed by atoms with Crippen LogP contribution in [0.25, 0.3) is 0 Å². The number of benzene rings is 1. The molecule has 1 unspecified atom stereocenters. The lowest BCUT2D eigenvalue weighted by Gasteiger charge is -2.32. The topological polar surface area (TPSA) is 79.0 Å². The number of amides is 1. The molecule has 144 valence electrons. The molecule has 2 aliphatic heterocycles. The first-order valence-corrected chi connectivity index (χ1v) is 10.7. The largest absolute Gasteiger partial charge is 0.384 e. The molecule has 1 N–H and O–H groups in total. The second-order valence-electron chi connectivity index (χ2n) is 6.82. The molecule has 1 atom stereocenters. The highest BCUT2D eigenvalue weighted by Crippen LogP contribution is 2.20. The lowest BCUT2D eigenvalue weighted by atomic mass is 10.2. The Hall–Kier alpha value is -1.48. The summed E-state index contributed by atoms with van der Waals surface area (Å²) in [6.07, 6.45) is 0.995. The molecule has 1 amide bonds. The van der Waals surface area contributed by atoms with Crippen LogP contribution in [-0.4, -0.2) is 88.9 Å². The Morgan fingerprint density at radius 2 is 1.88 bits per heavy atom. The van der Waals surface area contributed by atoms with Crippen molar-refractivity contribution in [2.24, 2.45) is 0 Å². The summed E-state index contributed by atoms with van der Waals surface area (Å²) in [6, 6.07) is 6.68. The van der Waals surface area contributed by atoms with E-state index in [1.165, 1.54) is 19.2 Å². The van der Waals surface area contributed by atoms with E-state index in [0.29, 0.717) is 11.6 Å². The molecule has 2 saturated heterocycles. The average molecular weight is 381 g/mol. The van der Waals surface area contributed by atoms with E-state index >= 15 is 0 Å². The third-order valence-electron chi connectivity index (χ3n) is 5.14. The lowest BCUT2D eigenvalue weighted by molar-refractivity contribution is 0.0773. The number of hydrogen-bond donors (Lipinski definition) is 1. The van der Waals surface area contributed by atoms with Gasteiger partial charge in [-0.25, -0.2) is 8.42 Å². The Morgan fingerprint density at radius 3 is 2.54 bits per heavy atom. The summed E-state index contributed by atoms with van der Waals surface area (Å²) in [5.74, 6) is -0.0848. The molecule has 0 bridgehead atoms. The molecule has 7 nitrogen and oxygen atoms in total. The van der Waals surface area contributed by atoms with E-state index in [1.807, 2.05) is 4.90 Å². The van der Waals surface area contributed by atoms with Gasteiger partial charge in [-0.15, -0.1) is 0 Å². The van der Waals surface area contributed by atoms with Crippen molar-refractivity contribution in [3.8, 4) is 0 Å². The monoisotopic (exact) mass is 381 g/mol. The fraction of sp³-hybridized carbons (Fsp3) is 0.611. The number of hydrogen-bond acceptors (Lipinski definition) is 6. The van der Waals surface area contributed by atoms with E-state index in [0.717, 1.165) is 45.7 Å². The zero-order valence-corrected chi connectivity index (χ0v) is 16.0. The molecule has 3 rings (SSSR count). The summed E-state index contributed by atoms with van der Waals surface area (Å²) in [5, 5.41) is 3.35. The number of methoxy groups -OCH3 is 1. The maximum atomic E-state index is 12.7. The Labute approximate surface area is 155 Å². The van der Waals surface area contributed by atoms with Crippen molar-refractivity contribution in [2.75, 3.05) is 58.7 Å². The molecule has 1 aromatic carbocycles. The van der Waals surface area contributed by atoms with Gasteiger partial charge < -0.3 is 15.0 Å². The van der Waals surface area contributed by atoms with Crippen molar-refractivity contribution in [2.45, 2.75) is 17.4 Å². The van der Waals surface area contributed by atoms with Gasteiger partial charge >= 0.3 is 0 Å². The maximum absolute atomic E-state index is 12.7. The molecular weight excluding hydrogens is 354 g/mol. The van der Waals surface area contributed by atoms with Gasteiger partial charge in [-0.1, -0.05) is 0 Å². The SMILES string of the molecule is COCCS(=O)(=O)c1ccc(C(=O)N2CCC(N3CCNCC3)C2)cc1. The van der Waals surface area contributed by atoms with Crippen molar-refractivity contribution in [1.82, 2.24) is 15.1 Å². The molecule has 0 aliphatic carbocycles. The predicted octanol–water partition coefficient (Wildman–Crippen LogP) is 0.226. The van der Waals surface area contributed by atoms with Crippen molar-refractivity contribution < 1.29 is 17.9 Å². The highest BCUT2D eigenvalue weighted by molar-refractivity contribution is 7.91. The van der Waals surface area contributed by atoms with Crippen LogP contribution in [0.5, 0.6) is 0 Å². The second-order valence-corrected chi connectivity index (χ2v) is 8.92. The molecule has 0 aromatic heterocycles. The molecule has 0 radical (unpaired) electrons. The van der Waals surface area contributed by atoms with Crippen molar-refractivity contribution in [3.63, 3.8) is 0 Å². The number of nitrogens with one attached hydrogen (secondary N) is 1. The summed E-state index contributed by atoms with van der Waals surface area (Å²) in [7, 11) is -1.90. The van der Waals surface area contributed by atoms with Crippen LogP contribution in [0.4, 0.5) is 0 Å². The van der Waals surface area contributed by atoms with E-state index in [-0.39, 0.29) is 23.2 Å². The Balaban J connectivity index is 1.61. The van der Waals surface area contributed by atoms with E-state index < -0.39 is 9.84 Å². The number of carbonyl (C=O) groups is 1. The van der Waals surface area contributed by atoms with E-state index in [1.54, 1.807) is 12.1 Å². The number of sulfone groups is 1. The number of rotatable bonds is 6. The molecule has 2 aliphatic rings. The minimum atomic E-state index is -3.37. The van der Waals surface area contributed by atoms with Crippen molar-refractivity contribution >= 4 is 15.7 Å². The molecule has 8 heteroatoms. The number of carbonyl (C=O) groups excluding carboxylic acids is 1. The first-order valence-electron chi connectivity index (χ1n) is 9.07. The smallest absolute Gasteiger partial charge is 0.253 e. The van der Waals surface area contributed by atoms with Crippen LogP contribution < -0.4 is 5.32 Å². The van der Waals surface area contributed by atoms with Crippen LogP contribution in [0.1, 0.15) is 16.8 Å². The van der Waals surface area contributed by atoms with Crippen LogP contribution in [0.3, 0.4) is 0 Å². The van der Waals surface area contributed by atoms with Gasteiger partial charge in [-0.05, 0) is 30.7 Å². The Kier molecular flexibility index (Phi) is 6.29. The number of ether oxygens (including phenoxy) is 1. The third kappa shape index (κ3) is 4.43. The highest BCUT2D eigenvalue weighted by Gasteiger charge is 2.31. The van der Waals surface area contributed by atoms with Gasteiger partial charge in [-0.3, -0.25) is 9.69 Å². The summed E-state index contributed by atoms with van der Waals surface area (Å²) in [6.45, 7) is 5.71. The Bertz CT molecular complexity index is 714. The van der Waals surface area contributed by atoms with Gasteiger partial charge in [0.15, 0.2) is 9.84 Å². The molecule has 2 fully saturated rings. The van der Waals surface area contributed by atoms with Crippen molar-refractivity contribution in [1.29, 1.82) is 0 Å². The molecule has 26 heavy (non-hydrogen) atoms. The minimum absolute atomic E-state index is 0.0246. The third-order valence-corrected chi connectivity index (χ3v) is 6.83. The van der Waals surface area contributed by atoms with Gasteiger partial charge in [0.25, 0.3) is 5.91 Å². The normalized spacial score (nSPS) is 21.9. The maximum Gasteiger partial charge on any atom is 0.253 e. The number of likely N-dealkylation sites (tertiary alicyclic amines) is 1. The second kappa shape index (κ2) is 8.47.